The van der Waals surface area contributed by atoms with E-state index < -0.39 is 12.2 Å². The van der Waals surface area contributed by atoms with Crippen LogP contribution in [0, 0.1) is 23.2 Å². The van der Waals surface area contributed by atoms with Crippen molar-refractivity contribution in [3.05, 3.63) is 11.3 Å². The second-order valence-corrected chi connectivity index (χ2v) is 9.23. The van der Waals surface area contributed by atoms with Crippen LogP contribution in [0.4, 0.5) is 0 Å². The van der Waals surface area contributed by atoms with Crippen LogP contribution in [0.25, 0.3) is 0 Å². The molecule has 2 fully saturated rings. The van der Waals surface area contributed by atoms with Crippen LogP contribution in [-0.4, -0.2) is 40.5 Å². The van der Waals surface area contributed by atoms with E-state index in [4.69, 9.17) is 4.84 Å². The molecule has 7 atom stereocenters. The molecule has 7 unspecified atom stereocenters. The maximum absolute atomic E-state index is 13.1. The lowest BCUT2D eigenvalue weighted by Gasteiger charge is -2.47. The molecule has 0 radical (unpaired) electrons. The van der Waals surface area contributed by atoms with Gasteiger partial charge in [-0.05, 0) is 43.9 Å². The molecule has 4 aliphatic rings. The molecule has 6 nitrogen and oxygen atoms in total. The summed E-state index contributed by atoms with van der Waals surface area (Å²) in [6, 6.07) is 0.142. The third-order valence-electron chi connectivity index (χ3n) is 6.62. The van der Waals surface area contributed by atoms with Gasteiger partial charge in [0.15, 0.2) is 12.0 Å². The van der Waals surface area contributed by atoms with Crippen molar-refractivity contribution in [1.29, 1.82) is 0 Å². The van der Waals surface area contributed by atoms with Crippen molar-refractivity contribution >= 4 is 5.78 Å². The summed E-state index contributed by atoms with van der Waals surface area (Å²) < 4.78 is 0. The van der Waals surface area contributed by atoms with Crippen LogP contribution in [0.1, 0.15) is 52.9 Å². The van der Waals surface area contributed by atoms with E-state index in [-0.39, 0.29) is 41.2 Å². The van der Waals surface area contributed by atoms with E-state index in [1.165, 1.54) is 0 Å². The van der Waals surface area contributed by atoms with E-state index in [1.807, 2.05) is 0 Å². The Hall–Kier alpha value is -0.950. The highest BCUT2D eigenvalue weighted by molar-refractivity contribution is 5.98. The number of aliphatic hydroxyl groups is 2. The zero-order valence-electron chi connectivity index (χ0n) is 15.3. The van der Waals surface area contributed by atoms with Crippen molar-refractivity contribution in [2.45, 2.75) is 77.4 Å². The summed E-state index contributed by atoms with van der Waals surface area (Å²) in [6.45, 7) is 6.36. The second-order valence-electron chi connectivity index (χ2n) is 9.23. The van der Waals surface area contributed by atoms with Gasteiger partial charge in [0.1, 0.15) is 0 Å². The molecule has 140 valence electrons. The third kappa shape index (κ3) is 2.93. The Bertz CT molecular complexity index is 602. The normalized spacial score (nSPS) is 46.4. The minimum Gasteiger partial charge on any atom is -0.390 e. The van der Waals surface area contributed by atoms with Crippen LogP contribution in [0.2, 0.25) is 0 Å². The van der Waals surface area contributed by atoms with Gasteiger partial charge in [0.25, 0.3) is 0 Å². The monoisotopic (exact) mass is 350 g/mol. The summed E-state index contributed by atoms with van der Waals surface area (Å²) in [7, 11) is 0. The average molecular weight is 350 g/mol. The SMILES string of the molecule is CC1NOC2NC3=C(C(=O)CC(C)(C)C3)C(C3CCC(O)C(O)C3)C12. The predicted octanol–water partition coefficient (Wildman–Crippen LogP) is 1.24. The first-order chi connectivity index (χ1) is 11.8. The number of nitrogens with one attached hydrogen (secondary N) is 2. The van der Waals surface area contributed by atoms with Gasteiger partial charge in [0.2, 0.25) is 0 Å². The Morgan fingerprint density at radius 1 is 1.16 bits per heavy atom. The number of Topliss-reactive ketones (excluding diaryl/α,β-unsaturated/α-hetero) is 1. The zero-order chi connectivity index (χ0) is 17.9. The summed E-state index contributed by atoms with van der Waals surface area (Å²) in [4.78, 5) is 18.8. The molecule has 0 aromatic heterocycles. The molecule has 0 spiro atoms. The van der Waals surface area contributed by atoms with E-state index in [0.717, 1.165) is 24.1 Å². The van der Waals surface area contributed by atoms with E-state index in [1.54, 1.807) is 0 Å². The fourth-order valence-electron chi connectivity index (χ4n) is 5.48. The van der Waals surface area contributed by atoms with Crippen molar-refractivity contribution in [3.63, 3.8) is 0 Å². The molecule has 0 bridgehead atoms. The molecule has 4 N–H and O–H groups in total. The number of fused-ring (bicyclic) bond motifs is 1. The van der Waals surface area contributed by atoms with Gasteiger partial charge >= 0.3 is 0 Å². The number of rotatable bonds is 1. The van der Waals surface area contributed by atoms with Crippen LogP contribution in [-0.2, 0) is 9.63 Å². The smallest absolute Gasteiger partial charge is 0.161 e. The van der Waals surface area contributed by atoms with E-state index >= 15 is 0 Å². The topological polar surface area (TPSA) is 90.8 Å². The first-order valence-electron chi connectivity index (χ1n) is 9.57. The molecule has 4 rings (SSSR count). The maximum atomic E-state index is 13.1. The highest BCUT2D eigenvalue weighted by Gasteiger charge is 2.53. The van der Waals surface area contributed by atoms with Crippen molar-refractivity contribution in [2.24, 2.45) is 23.2 Å². The molecule has 6 heteroatoms. The van der Waals surface area contributed by atoms with Gasteiger partial charge in [-0.3, -0.25) is 9.63 Å². The summed E-state index contributed by atoms with van der Waals surface area (Å²) in [5.41, 5.74) is 5.01. The van der Waals surface area contributed by atoms with Gasteiger partial charge in [0.05, 0.1) is 12.2 Å². The van der Waals surface area contributed by atoms with Crippen molar-refractivity contribution in [3.8, 4) is 0 Å². The van der Waals surface area contributed by atoms with Crippen molar-refractivity contribution < 1.29 is 19.8 Å². The van der Waals surface area contributed by atoms with Crippen LogP contribution in [0.5, 0.6) is 0 Å². The van der Waals surface area contributed by atoms with Gasteiger partial charge < -0.3 is 15.5 Å². The Morgan fingerprint density at radius 2 is 1.92 bits per heavy atom. The maximum Gasteiger partial charge on any atom is 0.161 e. The standard InChI is InChI=1S/C19H30N2O4/c1-9-15-16(10-4-5-12(22)13(23)6-10)17-11(20-18(15)25-21-9)7-19(2,3)8-14(17)24/h9-10,12-13,15-16,18,20-23H,4-8H2,1-3H3. The second kappa shape index (κ2) is 6.05. The highest BCUT2D eigenvalue weighted by Crippen LogP contribution is 2.50. The Kier molecular flexibility index (Phi) is 4.22. The number of allylic oxidation sites excluding steroid dienone is 2. The van der Waals surface area contributed by atoms with E-state index in [9.17, 15) is 15.0 Å². The number of carbonyl (C=O) groups excluding carboxylic acids is 1. The molecule has 2 aliphatic heterocycles. The fourth-order valence-corrected chi connectivity index (χ4v) is 5.48. The van der Waals surface area contributed by atoms with Crippen LogP contribution in [0.3, 0.4) is 0 Å². The number of hydrogen-bond acceptors (Lipinski definition) is 6. The fraction of sp³-hybridized carbons (Fsp3) is 0.842. The third-order valence-corrected chi connectivity index (χ3v) is 6.62. The molecule has 0 aromatic carbocycles. The van der Waals surface area contributed by atoms with Crippen LogP contribution < -0.4 is 10.8 Å². The number of hydroxylamine groups is 1. The Labute approximate surface area is 149 Å². The molecular formula is C19H30N2O4. The lowest BCUT2D eigenvalue weighted by molar-refractivity contribution is -0.120. The van der Waals surface area contributed by atoms with Gasteiger partial charge in [-0.1, -0.05) is 13.8 Å². The van der Waals surface area contributed by atoms with E-state index in [2.05, 4.69) is 31.6 Å². The Morgan fingerprint density at radius 3 is 2.64 bits per heavy atom. The van der Waals surface area contributed by atoms with Gasteiger partial charge in [0, 0.05) is 35.6 Å². The minimum atomic E-state index is -0.697. The molecule has 2 heterocycles. The minimum absolute atomic E-state index is 0.0414. The van der Waals surface area contributed by atoms with E-state index in [0.29, 0.717) is 19.3 Å². The lowest BCUT2D eigenvalue weighted by atomic mass is 9.61. The molecule has 0 amide bonds. The largest absolute Gasteiger partial charge is 0.390 e. The molecule has 25 heavy (non-hydrogen) atoms. The van der Waals surface area contributed by atoms with Crippen molar-refractivity contribution in [2.75, 3.05) is 0 Å². The Balaban J connectivity index is 1.73. The quantitative estimate of drug-likeness (QED) is 0.569. The van der Waals surface area contributed by atoms with Gasteiger partial charge in [-0.15, -0.1) is 0 Å². The number of carbonyl (C=O) groups is 1. The zero-order valence-corrected chi connectivity index (χ0v) is 15.3. The summed E-state index contributed by atoms with van der Waals surface area (Å²) in [5, 5.41) is 23.6. The number of ketones is 1. The summed E-state index contributed by atoms with van der Waals surface area (Å²) >= 11 is 0. The number of hydrogen-bond donors (Lipinski definition) is 4. The lowest BCUT2D eigenvalue weighted by Crippen LogP contribution is -2.53. The summed E-state index contributed by atoms with van der Waals surface area (Å²) in [5.74, 6) is 0.685. The van der Waals surface area contributed by atoms with Crippen molar-refractivity contribution in [1.82, 2.24) is 10.8 Å². The van der Waals surface area contributed by atoms with Crippen LogP contribution >= 0.6 is 0 Å². The first-order valence-corrected chi connectivity index (χ1v) is 9.57. The molecule has 2 aliphatic carbocycles. The average Bonchev–Trinajstić information content (AvgIpc) is 2.88. The molecular weight excluding hydrogens is 320 g/mol. The van der Waals surface area contributed by atoms with Gasteiger partial charge in [-0.25, -0.2) is 0 Å². The highest BCUT2D eigenvalue weighted by atomic mass is 16.7. The first kappa shape index (κ1) is 17.5. The summed E-state index contributed by atoms with van der Waals surface area (Å²) in [6.07, 6.45) is 1.94. The van der Waals surface area contributed by atoms with Gasteiger partial charge in [-0.2, -0.15) is 5.48 Å². The predicted molar refractivity (Wildman–Crippen MR) is 92.0 cm³/mol. The molecule has 1 saturated carbocycles. The van der Waals surface area contributed by atoms with Crippen LogP contribution in [0.15, 0.2) is 11.3 Å². The molecule has 0 aromatic rings. The number of aliphatic hydroxyl groups excluding tert-OH is 2. The molecule has 1 saturated heterocycles.